The number of likely N-dealkylation sites (N-methyl/N-ethyl adjacent to an activating group) is 1. The molecule has 2 aliphatic carbocycles. The Hall–Kier alpha value is -1.30. The van der Waals surface area contributed by atoms with E-state index in [0.29, 0.717) is 25.0 Å². The number of benzene rings is 1. The number of piperidine rings is 1. The van der Waals surface area contributed by atoms with Gasteiger partial charge in [-0.25, -0.2) is 0 Å². The lowest BCUT2D eigenvalue weighted by molar-refractivity contribution is -0.177. The number of ether oxygens (including phenoxy) is 1. The first kappa shape index (κ1) is 15.2. The second kappa shape index (κ2) is 4.85. The number of phenols is 1. The van der Waals surface area contributed by atoms with Gasteiger partial charge in [-0.1, -0.05) is 6.07 Å². The van der Waals surface area contributed by atoms with Crippen molar-refractivity contribution in [3.8, 4) is 11.5 Å². The summed E-state index contributed by atoms with van der Waals surface area (Å²) in [7, 11) is 3.60. The first-order chi connectivity index (χ1) is 10.9. The number of hydrogen-bond donors (Lipinski definition) is 3. The Balaban J connectivity index is 1.99. The summed E-state index contributed by atoms with van der Waals surface area (Å²) in [4.78, 5) is 2.24. The molecule has 5 heteroatoms. The SMILES string of the molecule is COc1ccc2c(c1O)[C@]13CCN(C)[C@H](C2)[C@]1(O)CC[C@H](O)C3. The second-order valence-electron chi connectivity index (χ2n) is 7.50. The highest BCUT2D eigenvalue weighted by atomic mass is 16.5. The molecule has 126 valence electrons. The predicted octanol–water partition coefficient (Wildman–Crippen LogP) is 1.17. The molecule has 3 aliphatic rings. The normalized spacial score (nSPS) is 39.5. The van der Waals surface area contributed by atoms with Crippen molar-refractivity contribution in [3.05, 3.63) is 23.3 Å². The molecule has 4 atom stereocenters. The van der Waals surface area contributed by atoms with Crippen molar-refractivity contribution in [1.82, 2.24) is 4.90 Å². The Morgan fingerprint density at radius 1 is 1.30 bits per heavy atom. The number of methoxy groups -OCH3 is 1. The van der Waals surface area contributed by atoms with E-state index >= 15 is 0 Å². The molecule has 3 N–H and O–H groups in total. The Labute approximate surface area is 136 Å². The fourth-order valence-corrected chi connectivity index (χ4v) is 5.46. The highest BCUT2D eigenvalue weighted by molar-refractivity contribution is 5.58. The largest absolute Gasteiger partial charge is 0.504 e. The molecular weight excluding hydrogens is 294 g/mol. The lowest BCUT2D eigenvalue weighted by atomic mass is 9.49. The number of rotatable bonds is 1. The van der Waals surface area contributed by atoms with Gasteiger partial charge in [0.25, 0.3) is 0 Å². The van der Waals surface area contributed by atoms with Gasteiger partial charge in [0.1, 0.15) is 0 Å². The van der Waals surface area contributed by atoms with Crippen LogP contribution in [0.3, 0.4) is 0 Å². The molecule has 0 spiro atoms. The predicted molar refractivity (Wildman–Crippen MR) is 85.9 cm³/mol. The van der Waals surface area contributed by atoms with Gasteiger partial charge in [0, 0.05) is 17.0 Å². The highest BCUT2D eigenvalue weighted by Crippen LogP contribution is 2.60. The van der Waals surface area contributed by atoms with E-state index in [1.165, 1.54) is 0 Å². The maximum absolute atomic E-state index is 11.7. The smallest absolute Gasteiger partial charge is 0.161 e. The molecule has 23 heavy (non-hydrogen) atoms. The van der Waals surface area contributed by atoms with E-state index in [1.807, 2.05) is 6.07 Å². The average molecular weight is 319 g/mol. The summed E-state index contributed by atoms with van der Waals surface area (Å²) in [6.07, 6.45) is 2.71. The average Bonchev–Trinajstić information content (AvgIpc) is 2.52. The zero-order valence-corrected chi connectivity index (χ0v) is 13.7. The molecule has 0 unspecified atom stereocenters. The van der Waals surface area contributed by atoms with Crippen LogP contribution in [-0.2, 0) is 11.8 Å². The molecule has 1 aromatic rings. The third kappa shape index (κ3) is 1.78. The number of aromatic hydroxyl groups is 1. The Morgan fingerprint density at radius 3 is 2.83 bits per heavy atom. The molecule has 1 saturated carbocycles. The van der Waals surface area contributed by atoms with Crippen molar-refractivity contribution >= 4 is 0 Å². The maximum Gasteiger partial charge on any atom is 0.161 e. The molecule has 4 rings (SSSR count). The van der Waals surface area contributed by atoms with Crippen LogP contribution < -0.4 is 4.74 Å². The van der Waals surface area contributed by atoms with Crippen LogP contribution in [0, 0.1) is 0 Å². The van der Waals surface area contributed by atoms with E-state index < -0.39 is 17.1 Å². The Bertz CT molecular complexity index is 648. The van der Waals surface area contributed by atoms with Crippen molar-refractivity contribution in [1.29, 1.82) is 0 Å². The summed E-state index contributed by atoms with van der Waals surface area (Å²) in [5.41, 5.74) is 0.380. The molecule has 0 radical (unpaired) electrons. The van der Waals surface area contributed by atoms with E-state index in [4.69, 9.17) is 4.74 Å². The summed E-state index contributed by atoms with van der Waals surface area (Å²) < 4.78 is 5.30. The van der Waals surface area contributed by atoms with Crippen molar-refractivity contribution in [2.24, 2.45) is 0 Å². The monoisotopic (exact) mass is 319 g/mol. The van der Waals surface area contributed by atoms with Crippen LogP contribution in [0.5, 0.6) is 11.5 Å². The van der Waals surface area contributed by atoms with Crippen molar-refractivity contribution in [3.63, 3.8) is 0 Å². The summed E-state index contributed by atoms with van der Waals surface area (Å²) in [5.74, 6) is 0.582. The van der Waals surface area contributed by atoms with Crippen LogP contribution in [0.25, 0.3) is 0 Å². The van der Waals surface area contributed by atoms with Gasteiger partial charge in [-0.3, -0.25) is 0 Å². The molecule has 2 bridgehead atoms. The lowest BCUT2D eigenvalue weighted by Crippen LogP contribution is -2.72. The molecule has 1 aromatic carbocycles. The van der Waals surface area contributed by atoms with Crippen molar-refractivity contribution in [2.45, 2.75) is 55.3 Å². The Kier molecular flexibility index (Phi) is 3.21. The maximum atomic E-state index is 11.7. The standard InChI is InChI=1S/C18H25NO4/c1-19-8-7-17-10-12(20)5-6-18(17,22)14(19)9-11-3-4-13(23-2)16(21)15(11)17/h3-4,12,14,20-22H,5-10H2,1-2H3/t12-,14+,17+,18+/m0/s1. The number of fused-ring (bicyclic) bond motifs is 1. The summed E-state index contributed by atoms with van der Waals surface area (Å²) in [6, 6.07) is 3.83. The summed E-state index contributed by atoms with van der Waals surface area (Å²) in [6.45, 7) is 0.857. The molecule has 0 amide bonds. The minimum absolute atomic E-state index is 0.0315. The number of hydrogen-bond acceptors (Lipinski definition) is 5. The van der Waals surface area contributed by atoms with Gasteiger partial charge in [-0.15, -0.1) is 0 Å². The fourth-order valence-electron chi connectivity index (χ4n) is 5.46. The zero-order chi connectivity index (χ0) is 16.4. The first-order valence-electron chi connectivity index (χ1n) is 8.43. The molecule has 1 aliphatic heterocycles. The third-order valence-corrected chi connectivity index (χ3v) is 6.59. The van der Waals surface area contributed by atoms with Crippen LogP contribution in [0.4, 0.5) is 0 Å². The number of likely N-dealkylation sites (tertiary alicyclic amines) is 1. The van der Waals surface area contributed by atoms with Gasteiger partial charge >= 0.3 is 0 Å². The zero-order valence-electron chi connectivity index (χ0n) is 13.7. The van der Waals surface area contributed by atoms with E-state index in [-0.39, 0.29) is 11.8 Å². The quantitative estimate of drug-likeness (QED) is 0.725. The van der Waals surface area contributed by atoms with Gasteiger partial charge in [0.15, 0.2) is 11.5 Å². The Morgan fingerprint density at radius 2 is 2.09 bits per heavy atom. The van der Waals surface area contributed by atoms with Gasteiger partial charge in [0.2, 0.25) is 0 Å². The second-order valence-corrected chi connectivity index (χ2v) is 7.50. The third-order valence-electron chi connectivity index (χ3n) is 6.59. The molecule has 0 aromatic heterocycles. The van der Waals surface area contributed by atoms with Crippen LogP contribution in [0.15, 0.2) is 12.1 Å². The minimum Gasteiger partial charge on any atom is -0.504 e. The summed E-state index contributed by atoms with van der Waals surface area (Å²) in [5, 5.41) is 32.8. The van der Waals surface area contributed by atoms with Gasteiger partial charge in [-0.05, 0) is 57.3 Å². The molecule has 5 nitrogen and oxygen atoms in total. The molecule has 2 fully saturated rings. The minimum atomic E-state index is -0.907. The highest BCUT2D eigenvalue weighted by Gasteiger charge is 2.65. The van der Waals surface area contributed by atoms with Crippen molar-refractivity contribution < 1.29 is 20.1 Å². The molecular formula is C18H25NO4. The van der Waals surface area contributed by atoms with Gasteiger partial charge < -0.3 is 25.0 Å². The number of nitrogens with zero attached hydrogens (tertiary/aromatic N) is 1. The van der Waals surface area contributed by atoms with E-state index in [0.717, 1.165) is 30.5 Å². The van der Waals surface area contributed by atoms with Gasteiger partial charge in [-0.2, -0.15) is 0 Å². The van der Waals surface area contributed by atoms with E-state index in [2.05, 4.69) is 11.9 Å². The van der Waals surface area contributed by atoms with Crippen LogP contribution >= 0.6 is 0 Å². The van der Waals surface area contributed by atoms with Crippen molar-refractivity contribution in [2.75, 3.05) is 20.7 Å². The lowest BCUT2D eigenvalue weighted by Gasteiger charge is -2.63. The molecule has 1 heterocycles. The number of aliphatic hydroxyl groups is 2. The fraction of sp³-hybridized carbons (Fsp3) is 0.667. The van der Waals surface area contributed by atoms with Crippen LogP contribution in [0.1, 0.15) is 36.8 Å². The topological polar surface area (TPSA) is 73.2 Å². The number of phenolic OH excluding ortho intramolecular Hbond substituents is 1. The number of aliphatic hydroxyl groups excluding tert-OH is 1. The van der Waals surface area contributed by atoms with E-state index in [9.17, 15) is 15.3 Å². The first-order valence-corrected chi connectivity index (χ1v) is 8.43. The summed E-state index contributed by atoms with van der Waals surface area (Å²) >= 11 is 0. The van der Waals surface area contributed by atoms with Crippen LogP contribution in [0.2, 0.25) is 0 Å². The van der Waals surface area contributed by atoms with E-state index in [1.54, 1.807) is 13.2 Å². The van der Waals surface area contributed by atoms with Gasteiger partial charge in [0.05, 0.1) is 18.8 Å². The van der Waals surface area contributed by atoms with Crippen LogP contribution in [-0.4, -0.2) is 58.7 Å². The molecule has 1 saturated heterocycles.